The van der Waals surface area contributed by atoms with Crippen LogP contribution < -0.4 is 0 Å². The summed E-state index contributed by atoms with van der Waals surface area (Å²) in [6.07, 6.45) is 4.77. The van der Waals surface area contributed by atoms with E-state index in [-0.39, 0.29) is 5.75 Å². The van der Waals surface area contributed by atoms with Gasteiger partial charge in [0.25, 0.3) is 10.0 Å². The summed E-state index contributed by atoms with van der Waals surface area (Å²) < 4.78 is 25.6. The minimum atomic E-state index is -3.23. The maximum atomic E-state index is 11.0. The first-order chi connectivity index (χ1) is 5.67. The normalized spacial score (nSPS) is 25.0. The highest BCUT2D eigenvalue weighted by Gasteiger charge is 2.22. The van der Waals surface area contributed by atoms with Crippen molar-refractivity contribution in [2.24, 2.45) is 9.39 Å². The Bertz CT molecular complexity index is 380. The SMILES string of the molecule is O=S1(=O)CCN2C=CN=CC2=N1. The highest BCUT2D eigenvalue weighted by atomic mass is 32.2. The molecule has 0 radical (unpaired) electrons. The molecule has 0 bridgehead atoms. The first kappa shape index (κ1) is 7.48. The number of sulfonamides is 1. The third-order valence-corrected chi connectivity index (χ3v) is 2.80. The molecular formula is C6H7N3O2S. The van der Waals surface area contributed by atoms with E-state index in [0.717, 1.165) is 0 Å². The average Bonchev–Trinajstić information content (AvgIpc) is 2.02. The molecule has 0 aromatic heterocycles. The lowest BCUT2D eigenvalue weighted by molar-refractivity contribution is 0.551. The molecule has 2 aliphatic rings. The van der Waals surface area contributed by atoms with Crippen LogP contribution in [0.25, 0.3) is 0 Å². The molecule has 0 aromatic rings. The minimum Gasteiger partial charge on any atom is -0.328 e. The molecular weight excluding hydrogens is 178 g/mol. The largest absolute Gasteiger partial charge is 0.328 e. The molecule has 2 rings (SSSR count). The number of amidine groups is 1. The van der Waals surface area contributed by atoms with Crippen molar-refractivity contribution in [3.63, 3.8) is 0 Å². The molecule has 2 heterocycles. The molecule has 0 aliphatic carbocycles. The molecule has 0 saturated carbocycles. The fraction of sp³-hybridized carbons (Fsp3) is 0.333. The average molecular weight is 185 g/mol. The first-order valence-electron chi connectivity index (χ1n) is 3.46. The predicted molar refractivity (Wildman–Crippen MR) is 45.6 cm³/mol. The Balaban J connectivity index is 2.44. The van der Waals surface area contributed by atoms with Gasteiger partial charge in [0.2, 0.25) is 0 Å². The van der Waals surface area contributed by atoms with Crippen LogP contribution in [-0.4, -0.2) is 37.7 Å². The van der Waals surface area contributed by atoms with Crippen molar-refractivity contribution >= 4 is 22.1 Å². The highest BCUT2D eigenvalue weighted by molar-refractivity contribution is 7.90. The van der Waals surface area contributed by atoms with Gasteiger partial charge in [0, 0.05) is 18.9 Å². The molecule has 0 amide bonds. The number of hydrogen-bond acceptors (Lipinski definition) is 4. The summed E-state index contributed by atoms with van der Waals surface area (Å²) >= 11 is 0. The van der Waals surface area contributed by atoms with E-state index in [1.165, 1.54) is 6.21 Å². The number of fused-ring (bicyclic) bond motifs is 1. The molecule has 64 valence electrons. The molecule has 0 spiro atoms. The van der Waals surface area contributed by atoms with E-state index in [1.807, 2.05) is 0 Å². The van der Waals surface area contributed by atoms with Crippen LogP contribution in [0.2, 0.25) is 0 Å². The fourth-order valence-electron chi connectivity index (χ4n) is 1.05. The highest BCUT2D eigenvalue weighted by Crippen LogP contribution is 2.08. The lowest BCUT2D eigenvalue weighted by atomic mass is 10.4. The van der Waals surface area contributed by atoms with Gasteiger partial charge in [-0.05, 0) is 0 Å². The van der Waals surface area contributed by atoms with Crippen LogP contribution in [0.4, 0.5) is 0 Å². The van der Waals surface area contributed by atoms with Crippen molar-refractivity contribution in [2.45, 2.75) is 0 Å². The van der Waals surface area contributed by atoms with Crippen molar-refractivity contribution in [3.05, 3.63) is 12.4 Å². The Labute approximate surface area is 70.2 Å². The number of nitrogens with zero attached hydrogens (tertiary/aromatic N) is 3. The van der Waals surface area contributed by atoms with Crippen molar-refractivity contribution in [3.8, 4) is 0 Å². The van der Waals surface area contributed by atoms with E-state index >= 15 is 0 Å². The summed E-state index contributed by atoms with van der Waals surface area (Å²) in [7, 11) is -3.23. The lowest BCUT2D eigenvalue weighted by Crippen LogP contribution is -2.37. The van der Waals surface area contributed by atoms with E-state index in [4.69, 9.17) is 0 Å². The van der Waals surface area contributed by atoms with E-state index in [0.29, 0.717) is 12.4 Å². The van der Waals surface area contributed by atoms with E-state index in [9.17, 15) is 8.42 Å². The van der Waals surface area contributed by atoms with E-state index in [1.54, 1.807) is 17.3 Å². The molecule has 0 aromatic carbocycles. The number of aliphatic imine (C=N–C) groups is 1. The van der Waals surface area contributed by atoms with E-state index < -0.39 is 10.0 Å². The molecule has 0 N–H and O–H groups in total. The van der Waals surface area contributed by atoms with Gasteiger partial charge in [-0.2, -0.15) is 0 Å². The van der Waals surface area contributed by atoms with Gasteiger partial charge in [0.15, 0.2) is 5.84 Å². The Kier molecular flexibility index (Phi) is 1.50. The van der Waals surface area contributed by atoms with Crippen molar-refractivity contribution in [1.82, 2.24) is 4.90 Å². The molecule has 5 nitrogen and oxygen atoms in total. The molecule has 0 atom stereocenters. The summed E-state index contributed by atoms with van der Waals surface area (Å²) in [5, 5.41) is 0. The molecule has 0 fully saturated rings. The minimum absolute atomic E-state index is 0.0781. The number of rotatable bonds is 0. The quantitative estimate of drug-likeness (QED) is 0.515. The lowest BCUT2D eigenvalue weighted by Gasteiger charge is -2.24. The van der Waals surface area contributed by atoms with Crippen LogP contribution >= 0.6 is 0 Å². The zero-order chi connectivity index (χ0) is 8.60. The van der Waals surface area contributed by atoms with Gasteiger partial charge in [-0.1, -0.05) is 0 Å². The number of hydrogen-bond donors (Lipinski definition) is 0. The van der Waals surface area contributed by atoms with Gasteiger partial charge in [-0.25, -0.2) is 8.42 Å². The second kappa shape index (κ2) is 2.41. The summed E-state index contributed by atoms with van der Waals surface area (Å²) in [5.74, 6) is 0.484. The zero-order valence-corrected chi connectivity index (χ0v) is 7.03. The van der Waals surface area contributed by atoms with Gasteiger partial charge in [-0.15, -0.1) is 4.40 Å². The Morgan fingerprint density at radius 2 is 2.33 bits per heavy atom. The standard InChI is InChI=1S/C6H7N3O2S/c10-12(11)4-3-9-2-1-7-5-6(9)8-12/h1-2,5H,3-4H2. The molecule has 6 heteroatoms. The summed E-state index contributed by atoms with van der Waals surface area (Å²) in [5.41, 5.74) is 0. The third kappa shape index (κ3) is 1.25. The summed E-state index contributed by atoms with van der Waals surface area (Å²) in [4.78, 5) is 5.54. The van der Waals surface area contributed by atoms with Crippen LogP contribution in [0.5, 0.6) is 0 Å². The smallest absolute Gasteiger partial charge is 0.256 e. The van der Waals surface area contributed by atoms with Crippen LogP contribution in [0.15, 0.2) is 21.8 Å². The predicted octanol–water partition coefficient (Wildman–Crippen LogP) is -0.414. The molecule has 2 aliphatic heterocycles. The third-order valence-electron chi connectivity index (χ3n) is 1.64. The van der Waals surface area contributed by atoms with Gasteiger partial charge in [-0.3, -0.25) is 4.99 Å². The Hall–Kier alpha value is -1.17. The van der Waals surface area contributed by atoms with Crippen molar-refractivity contribution in [1.29, 1.82) is 0 Å². The topological polar surface area (TPSA) is 62.1 Å². The van der Waals surface area contributed by atoms with Crippen LogP contribution in [0, 0.1) is 0 Å². The maximum absolute atomic E-state index is 11.0. The van der Waals surface area contributed by atoms with Crippen LogP contribution in [0.1, 0.15) is 0 Å². The van der Waals surface area contributed by atoms with Gasteiger partial charge in [0.05, 0.1) is 12.0 Å². The first-order valence-corrected chi connectivity index (χ1v) is 5.07. The molecule has 0 saturated heterocycles. The fourth-order valence-corrected chi connectivity index (χ4v) is 2.00. The second-order valence-electron chi connectivity index (χ2n) is 2.51. The van der Waals surface area contributed by atoms with Crippen LogP contribution in [0.3, 0.4) is 0 Å². The Morgan fingerprint density at radius 1 is 1.50 bits per heavy atom. The van der Waals surface area contributed by atoms with Crippen molar-refractivity contribution < 1.29 is 8.42 Å². The van der Waals surface area contributed by atoms with Gasteiger partial charge < -0.3 is 4.90 Å². The Morgan fingerprint density at radius 3 is 3.17 bits per heavy atom. The van der Waals surface area contributed by atoms with Gasteiger partial charge in [0.1, 0.15) is 0 Å². The summed E-state index contributed by atoms with van der Waals surface area (Å²) in [6.45, 7) is 0.462. The molecule has 12 heavy (non-hydrogen) atoms. The summed E-state index contributed by atoms with van der Waals surface area (Å²) in [6, 6.07) is 0. The monoisotopic (exact) mass is 185 g/mol. The van der Waals surface area contributed by atoms with Crippen molar-refractivity contribution in [2.75, 3.05) is 12.3 Å². The second-order valence-corrected chi connectivity index (χ2v) is 4.26. The molecule has 0 unspecified atom stereocenters. The van der Waals surface area contributed by atoms with Gasteiger partial charge >= 0.3 is 0 Å². The maximum Gasteiger partial charge on any atom is 0.256 e. The van der Waals surface area contributed by atoms with E-state index in [2.05, 4.69) is 9.39 Å². The van der Waals surface area contributed by atoms with Crippen LogP contribution in [-0.2, 0) is 10.0 Å². The zero-order valence-electron chi connectivity index (χ0n) is 6.21.